The van der Waals surface area contributed by atoms with Gasteiger partial charge in [-0.25, -0.2) is 31.9 Å². The topological polar surface area (TPSA) is 133 Å². The van der Waals surface area contributed by atoms with Gasteiger partial charge in [0.05, 0.1) is 28.7 Å². The van der Waals surface area contributed by atoms with E-state index in [0.29, 0.717) is 53.4 Å². The number of halogens is 2. The number of anilines is 1. The normalized spacial score (nSPS) is 20.1. The van der Waals surface area contributed by atoms with Crippen molar-refractivity contribution < 1.29 is 22.3 Å². The molecule has 2 fully saturated rings. The number of nitrogens with zero attached hydrogens (tertiary/aromatic N) is 5. The Morgan fingerprint density at radius 1 is 1.31 bits per heavy atom. The fourth-order valence-electron chi connectivity index (χ4n) is 4.17. The van der Waals surface area contributed by atoms with E-state index < -0.39 is 27.0 Å². The predicted octanol–water partition coefficient (Wildman–Crippen LogP) is 2.00. The largest absolute Gasteiger partial charge is 0.394 e. The average Bonchev–Trinajstić information content (AvgIpc) is 3.32. The zero-order valence-electron chi connectivity index (χ0n) is 19.1. The molecule has 0 unspecified atom stereocenters. The van der Waals surface area contributed by atoms with Crippen molar-refractivity contribution in [2.75, 3.05) is 31.1 Å². The van der Waals surface area contributed by atoms with Crippen molar-refractivity contribution in [2.45, 2.75) is 49.6 Å². The molecular formula is C21H25F2N7O3S2. The summed E-state index contributed by atoms with van der Waals surface area (Å²) in [6.07, 6.45) is -1.30. The number of alkyl halides is 2. The summed E-state index contributed by atoms with van der Waals surface area (Å²) in [6.45, 7) is 5.03. The molecule has 3 N–H and O–H groups in total. The van der Waals surface area contributed by atoms with E-state index in [9.17, 15) is 22.3 Å². The maximum atomic E-state index is 13.4. The molecule has 3 heterocycles. The van der Waals surface area contributed by atoms with Crippen molar-refractivity contribution in [3.8, 4) is 10.7 Å². The maximum Gasteiger partial charge on any atom is 0.291 e. The number of hydrogen-bond donors (Lipinski definition) is 3. The molecule has 1 saturated heterocycles. The van der Waals surface area contributed by atoms with Crippen molar-refractivity contribution in [1.82, 2.24) is 30.2 Å². The van der Waals surface area contributed by atoms with Crippen LogP contribution in [0.25, 0.3) is 21.6 Å². The summed E-state index contributed by atoms with van der Waals surface area (Å²) in [4.78, 5) is 11.0. The summed E-state index contributed by atoms with van der Waals surface area (Å²) in [7, 11) is -3.91. The second-order valence-corrected chi connectivity index (χ2v) is 11.8. The van der Waals surface area contributed by atoms with Crippen LogP contribution in [-0.4, -0.2) is 71.5 Å². The number of aliphatic hydroxyl groups excluding tert-OH is 1. The Bertz CT molecular complexity index is 1380. The summed E-state index contributed by atoms with van der Waals surface area (Å²) >= 11 is 0.706. The zero-order valence-corrected chi connectivity index (χ0v) is 20.8. The van der Waals surface area contributed by atoms with Crippen LogP contribution in [0.5, 0.6) is 0 Å². The van der Waals surface area contributed by atoms with E-state index in [1.165, 1.54) is 6.07 Å². The fourth-order valence-corrected chi connectivity index (χ4v) is 6.38. The molecule has 1 aromatic carbocycles. The molecule has 1 atom stereocenters. The molecule has 14 heteroatoms. The van der Waals surface area contributed by atoms with Crippen LogP contribution < -0.4 is 14.9 Å². The lowest BCUT2D eigenvalue weighted by molar-refractivity contribution is 0.150. The minimum Gasteiger partial charge on any atom is -0.394 e. The van der Waals surface area contributed by atoms with Crippen molar-refractivity contribution in [2.24, 2.45) is 0 Å². The molecule has 2 aliphatic rings. The molecule has 0 radical (unpaired) electrons. The van der Waals surface area contributed by atoms with Crippen LogP contribution in [-0.2, 0) is 10.0 Å². The first-order valence-corrected chi connectivity index (χ1v) is 13.5. The molecule has 0 bridgehead atoms. The molecule has 0 spiro atoms. The van der Waals surface area contributed by atoms with Gasteiger partial charge in [-0.3, -0.25) is 0 Å². The third-order valence-corrected chi connectivity index (χ3v) is 8.81. The molecule has 1 aliphatic heterocycles. The standard InChI is InChI=1S/C21H25F2N7O3S2/c1-11-25-16-14(17(26-11)19-27-28-20(34-19)18(22)23)7-13(35(32,33)29-21(2)3-4-21)8-15(16)30-6-5-24-9-12(30)10-31/h7-8,12,18,24,29,31H,3-6,9-10H2,1-2H3/t12-/m1/s1. The summed E-state index contributed by atoms with van der Waals surface area (Å²) < 4.78 is 55.9. The van der Waals surface area contributed by atoms with Gasteiger partial charge in [0.25, 0.3) is 6.43 Å². The van der Waals surface area contributed by atoms with Gasteiger partial charge in [-0.05, 0) is 38.8 Å². The molecule has 188 valence electrons. The van der Waals surface area contributed by atoms with Gasteiger partial charge < -0.3 is 15.3 Å². The summed E-state index contributed by atoms with van der Waals surface area (Å²) in [5, 5.41) is 20.8. The number of rotatable bonds is 7. The first-order valence-electron chi connectivity index (χ1n) is 11.2. The van der Waals surface area contributed by atoms with Gasteiger partial charge in [-0.2, -0.15) is 0 Å². The van der Waals surface area contributed by atoms with Gasteiger partial charge in [0.2, 0.25) is 10.0 Å². The number of nitrogens with one attached hydrogen (secondary N) is 2. The highest BCUT2D eigenvalue weighted by molar-refractivity contribution is 7.89. The number of aromatic nitrogens is 4. The van der Waals surface area contributed by atoms with E-state index in [-0.39, 0.29) is 28.2 Å². The van der Waals surface area contributed by atoms with E-state index in [0.717, 1.165) is 12.8 Å². The Hall–Kier alpha value is -2.39. The van der Waals surface area contributed by atoms with E-state index in [1.54, 1.807) is 13.0 Å². The van der Waals surface area contributed by atoms with Crippen LogP contribution in [0.4, 0.5) is 14.5 Å². The Morgan fingerprint density at radius 2 is 2.09 bits per heavy atom. The van der Waals surface area contributed by atoms with E-state index >= 15 is 0 Å². The second kappa shape index (κ2) is 8.92. The maximum absolute atomic E-state index is 13.4. The highest BCUT2D eigenvalue weighted by Gasteiger charge is 2.41. The quantitative estimate of drug-likeness (QED) is 0.423. The van der Waals surface area contributed by atoms with Crippen LogP contribution in [0.2, 0.25) is 0 Å². The molecule has 1 aliphatic carbocycles. The predicted molar refractivity (Wildman–Crippen MR) is 127 cm³/mol. The molecule has 3 aromatic rings. The number of aliphatic hydroxyl groups is 1. The molecule has 10 nitrogen and oxygen atoms in total. The van der Waals surface area contributed by atoms with Crippen LogP contribution in [0.15, 0.2) is 17.0 Å². The Labute approximate surface area is 204 Å². The third-order valence-electron chi connectivity index (χ3n) is 6.26. The van der Waals surface area contributed by atoms with Crippen LogP contribution in [0, 0.1) is 6.92 Å². The lowest BCUT2D eigenvalue weighted by atomic mass is 10.1. The van der Waals surface area contributed by atoms with Crippen molar-refractivity contribution >= 4 is 38.0 Å². The number of sulfonamides is 1. The molecule has 5 rings (SSSR count). The molecule has 2 aromatic heterocycles. The van der Waals surface area contributed by atoms with E-state index in [1.807, 2.05) is 11.8 Å². The number of hydrogen-bond acceptors (Lipinski definition) is 10. The Kier molecular flexibility index (Phi) is 6.20. The van der Waals surface area contributed by atoms with Crippen molar-refractivity contribution in [1.29, 1.82) is 0 Å². The lowest BCUT2D eigenvalue weighted by Crippen LogP contribution is -2.53. The summed E-state index contributed by atoms with van der Waals surface area (Å²) in [5.74, 6) is 0.373. The number of fused-ring (bicyclic) bond motifs is 1. The van der Waals surface area contributed by atoms with E-state index in [4.69, 9.17) is 0 Å². The molecule has 35 heavy (non-hydrogen) atoms. The van der Waals surface area contributed by atoms with Gasteiger partial charge in [0, 0.05) is 30.6 Å². The van der Waals surface area contributed by atoms with Crippen molar-refractivity contribution in [3.05, 3.63) is 23.0 Å². The van der Waals surface area contributed by atoms with Crippen LogP contribution in [0.1, 0.15) is 37.0 Å². The smallest absolute Gasteiger partial charge is 0.291 e. The molecule has 1 saturated carbocycles. The number of piperazine rings is 1. The van der Waals surface area contributed by atoms with Crippen LogP contribution >= 0.6 is 11.3 Å². The summed E-state index contributed by atoms with van der Waals surface area (Å²) in [6, 6.07) is 2.72. The number of benzene rings is 1. The second-order valence-electron chi connectivity index (χ2n) is 9.10. The minimum absolute atomic E-state index is 0.00986. The van der Waals surface area contributed by atoms with Gasteiger partial charge in [0.1, 0.15) is 11.5 Å². The zero-order chi connectivity index (χ0) is 25.0. The monoisotopic (exact) mass is 525 g/mol. The number of aryl methyl sites for hydroxylation is 1. The minimum atomic E-state index is -3.91. The van der Waals surface area contributed by atoms with Gasteiger partial charge in [-0.15, -0.1) is 10.2 Å². The Morgan fingerprint density at radius 3 is 2.74 bits per heavy atom. The SMILES string of the molecule is Cc1nc(-c2nnc(C(F)F)s2)c2cc(S(=O)(=O)NC3(C)CC3)cc(N3CCNC[C@@H]3CO)c2n1. The summed E-state index contributed by atoms with van der Waals surface area (Å²) in [5.41, 5.74) is 0.728. The van der Waals surface area contributed by atoms with Gasteiger partial charge in [-0.1, -0.05) is 11.3 Å². The third kappa shape index (κ3) is 4.72. The first-order chi connectivity index (χ1) is 16.6. The molecular weight excluding hydrogens is 500 g/mol. The Balaban J connectivity index is 1.76. The van der Waals surface area contributed by atoms with Gasteiger partial charge >= 0.3 is 0 Å². The molecule has 0 amide bonds. The average molecular weight is 526 g/mol. The lowest BCUT2D eigenvalue weighted by Gasteiger charge is -2.37. The van der Waals surface area contributed by atoms with Gasteiger partial charge in [0.15, 0.2) is 10.0 Å². The van der Waals surface area contributed by atoms with Crippen molar-refractivity contribution in [3.63, 3.8) is 0 Å². The fraction of sp³-hybridized carbons (Fsp3) is 0.524. The van der Waals surface area contributed by atoms with E-state index in [2.05, 4.69) is 30.2 Å². The highest BCUT2D eigenvalue weighted by atomic mass is 32.2. The first kappa shape index (κ1) is 24.3. The highest BCUT2D eigenvalue weighted by Crippen LogP contribution is 2.40. The van der Waals surface area contributed by atoms with Crippen LogP contribution in [0.3, 0.4) is 0 Å².